The van der Waals surface area contributed by atoms with Crippen molar-refractivity contribution in [1.29, 1.82) is 0 Å². The molecular formula is C34H35N5O4. The van der Waals surface area contributed by atoms with Crippen molar-refractivity contribution >= 4 is 45.9 Å². The molecule has 9 heteroatoms. The van der Waals surface area contributed by atoms with Crippen LogP contribution in [-0.4, -0.2) is 38.3 Å². The van der Waals surface area contributed by atoms with Gasteiger partial charge in [-0.15, -0.1) is 0 Å². The zero-order valence-electron chi connectivity index (χ0n) is 24.0. The first-order valence-corrected chi connectivity index (χ1v) is 15.9. The zero-order valence-corrected chi connectivity index (χ0v) is 24.0. The minimum absolute atomic E-state index is 0.0141. The number of ketones is 2. The van der Waals surface area contributed by atoms with Crippen LogP contribution in [0.3, 0.4) is 0 Å². The summed E-state index contributed by atoms with van der Waals surface area (Å²) in [6, 6.07) is 9.45. The summed E-state index contributed by atoms with van der Waals surface area (Å²) in [7, 11) is 0. The molecule has 1 aromatic carbocycles. The lowest BCUT2D eigenvalue weighted by molar-refractivity contribution is -0.155. The molecule has 4 unspecified atom stereocenters. The molecule has 0 spiro atoms. The smallest absolute Gasteiger partial charge is 0.231 e. The third-order valence-corrected chi connectivity index (χ3v) is 12.0. The van der Waals surface area contributed by atoms with Crippen LogP contribution in [0.4, 0.5) is 11.5 Å². The highest BCUT2D eigenvalue weighted by molar-refractivity contribution is 6.00. The number of Topliss-reactive ketones (excluding diaryl/α,β-unsaturated/α-hetero) is 2. The summed E-state index contributed by atoms with van der Waals surface area (Å²) < 4.78 is 0. The molecule has 2 heterocycles. The highest BCUT2D eigenvalue weighted by atomic mass is 16.2. The fourth-order valence-electron chi connectivity index (χ4n) is 10.4. The first-order chi connectivity index (χ1) is 20.8. The second kappa shape index (κ2) is 8.83. The van der Waals surface area contributed by atoms with E-state index in [1.54, 1.807) is 12.3 Å². The summed E-state index contributed by atoms with van der Waals surface area (Å²) in [6.07, 6.45) is 9.99. The second-order valence-corrected chi connectivity index (χ2v) is 14.7. The van der Waals surface area contributed by atoms with Crippen molar-refractivity contribution in [1.82, 2.24) is 15.0 Å². The Morgan fingerprint density at radius 3 is 1.84 bits per heavy atom. The van der Waals surface area contributed by atoms with E-state index < -0.39 is 10.8 Å². The van der Waals surface area contributed by atoms with Gasteiger partial charge >= 0.3 is 0 Å². The number of fused-ring (bicyclic) bond motifs is 1. The minimum atomic E-state index is -0.456. The van der Waals surface area contributed by atoms with Crippen LogP contribution in [0, 0.1) is 46.3 Å². The van der Waals surface area contributed by atoms with Crippen molar-refractivity contribution in [2.45, 2.75) is 64.2 Å². The molecule has 8 aliphatic rings. The van der Waals surface area contributed by atoms with Crippen LogP contribution in [0.5, 0.6) is 0 Å². The van der Waals surface area contributed by atoms with E-state index in [2.05, 4.69) is 20.6 Å². The molecule has 43 heavy (non-hydrogen) atoms. The fraction of sp³-hybridized carbons (Fsp3) is 0.529. The van der Waals surface area contributed by atoms with Gasteiger partial charge in [0.25, 0.3) is 0 Å². The largest absolute Gasteiger partial charge is 0.337 e. The summed E-state index contributed by atoms with van der Waals surface area (Å²) in [6.45, 7) is 0. The Morgan fingerprint density at radius 1 is 0.744 bits per heavy atom. The predicted octanol–water partition coefficient (Wildman–Crippen LogP) is 5.29. The van der Waals surface area contributed by atoms with Crippen LogP contribution in [0.15, 0.2) is 36.5 Å². The van der Waals surface area contributed by atoms with Crippen LogP contribution in [0.25, 0.3) is 22.4 Å². The van der Waals surface area contributed by atoms with E-state index >= 15 is 0 Å². The van der Waals surface area contributed by atoms with Gasteiger partial charge in [-0.3, -0.25) is 19.2 Å². The number of anilines is 2. The molecule has 8 bridgehead atoms. The van der Waals surface area contributed by atoms with Gasteiger partial charge < -0.3 is 15.6 Å². The Hall–Kier alpha value is -3.88. The molecule has 9 nitrogen and oxygen atoms in total. The van der Waals surface area contributed by atoms with Crippen molar-refractivity contribution in [3.8, 4) is 11.4 Å². The molecule has 3 N–H and O–H groups in total. The summed E-state index contributed by atoms with van der Waals surface area (Å²) in [5, 5.41) is 6.20. The molecule has 220 valence electrons. The van der Waals surface area contributed by atoms with Crippen molar-refractivity contribution in [3.63, 3.8) is 0 Å². The SMILES string of the molecule is O=C1[C@@H]2CC3C[C@H]1CC(C(=O)Nc1ccc(-c4nc5cc(NC(=O)C67CC8C[C@H](C6)C(=O)[C@@H](C8)C7)ncc5[nH]4)cc1)(C3)C2. The lowest BCUT2D eigenvalue weighted by Gasteiger charge is -2.54. The van der Waals surface area contributed by atoms with Gasteiger partial charge in [-0.1, -0.05) is 0 Å². The summed E-state index contributed by atoms with van der Waals surface area (Å²) in [4.78, 5) is 64.6. The van der Waals surface area contributed by atoms with Crippen LogP contribution in [-0.2, 0) is 19.2 Å². The number of rotatable bonds is 5. The third-order valence-electron chi connectivity index (χ3n) is 12.0. The average molecular weight is 578 g/mol. The van der Waals surface area contributed by atoms with Gasteiger partial charge in [-0.2, -0.15) is 0 Å². The molecule has 0 radical (unpaired) electrons. The lowest BCUT2D eigenvalue weighted by atomic mass is 9.49. The highest BCUT2D eigenvalue weighted by Crippen LogP contribution is 2.60. The molecule has 0 aliphatic heterocycles. The first-order valence-electron chi connectivity index (χ1n) is 15.9. The first kappa shape index (κ1) is 25.6. The van der Waals surface area contributed by atoms with Gasteiger partial charge in [-0.25, -0.2) is 9.97 Å². The van der Waals surface area contributed by atoms with E-state index in [0.29, 0.717) is 66.2 Å². The van der Waals surface area contributed by atoms with Gasteiger partial charge in [-0.05, 0) is 100 Å². The number of benzene rings is 1. The highest BCUT2D eigenvalue weighted by Gasteiger charge is 2.59. The van der Waals surface area contributed by atoms with Crippen molar-refractivity contribution in [2.24, 2.45) is 46.3 Å². The van der Waals surface area contributed by atoms with Gasteiger partial charge in [0.2, 0.25) is 11.8 Å². The Morgan fingerprint density at radius 2 is 1.28 bits per heavy atom. The standard InChI is InChI=1S/C34H35N5O4/c40-28-20-5-17-6-21(28)13-33(10-17,12-20)31(42)36-24-3-1-19(2-4-24)30-37-25-9-27(35-16-26(25)38-30)39-32(43)34-11-18-7-22(14-34)29(41)23(8-18)15-34/h1-4,9,16-18,20-23H,5-8,10-15H2,(H,36,42)(H,37,38)(H,35,39,43)/t17?,18?,20-,21+,22-,23+,33?,34?. The molecule has 0 saturated heterocycles. The Balaban J connectivity index is 0.894. The molecule has 2 aromatic heterocycles. The van der Waals surface area contributed by atoms with E-state index in [-0.39, 0.29) is 35.5 Å². The second-order valence-electron chi connectivity index (χ2n) is 14.7. The third kappa shape index (κ3) is 3.89. The van der Waals surface area contributed by atoms with Gasteiger partial charge in [0.05, 0.1) is 28.1 Å². The van der Waals surface area contributed by atoms with E-state index in [9.17, 15) is 19.2 Å². The summed E-state index contributed by atoms with van der Waals surface area (Å²) >= 11 is 0. The number of pyridine rings is 1. The maximum atomic E-state index is 13.5. The van der Waals surface area contributed by atoms with E-state index in [1.165, 1.54) is 0 Å². The van der Waals surface area contributed by atoms with Gasteiger partial charge in [0.15, 0.2) is 0 Å². The number of nitrogens with one attached hydrogen (secondary N) is 3. The van der Waals surface area contributed by atoms with Crippen molar-refractivity contribution in [2.75, 3.05) is 10.6 Å². The number of amides is 2. The molecule has 2 amide bonds. The number of carbonyl (C=O) groups is 4. The molecule has 8 aliphatic carbocycles. The monoisotopic (exact) mass is 577 g/mol. The van der Waals surface area contributed by atoms with E-state index in [4.69, 9.17) is 4.98 Å². The molecule has 8 atom stereocenters. The van der Waals surface area contributed by atoms with Gasteiger partial charge in [0, 0.05) is 41.0 Å². The van der Waals surface area contributed by atoms with Crippen LogP contribution in [0.2, 0.25) is 0 Å². The fourth-order valence-corrected chi connectivity index (χ4v) is 10.4. The number of hydrogen-bond acceptors (Lipinski definition) is 6. The Bertz CT molecular complexity index is 1690. The number of carbonyl (C=O) groups excluding carboxylic acids is 4. The number of aromatic nitrogens is 3. The minimum Gasteiger partial charge on any atom is -0.337 e. The van der Waals surface area contributed by atoms with Crippen molar-refractivity contribution in [3.05, 3.63) is 36.5 Å². The van der Waals surface area contributed by atoms with Crippen LogP contribution >= 0.6 is 0 Å². The topological polar surface area (TPSA) is 134 Å². The normalized spacial score (nSPS) is 36.8. The van der Waals surface area contributed by atoms with Crippen molar-refractivity contribution < 1.29 is 19.2 Å². The number of hydrogen-bond donors (Lipinski definition) is 3. The van der Waals surface area contributed by atoms with E-state index in [1.807, 2.05) is 24.3 Å². The number of H-pyrrole nitrogens is 1. The molecule has 11 rings (SSSR count). The Kier molecular flexibility index (Phi) is 5.26. The number of nitrogens with zero attached hydrogens (tertiary/aromatic N) is 2. The lowest BCUT2D eigenvalue weighted by Crippen LogP contribution is -2.55. The van der Waals surface area contributed by atoms with Gasteiger partial charge in [0.1, 0.15) is 23.2 Å². The quantitative estimate of drug-likeness (QED) is 0.377. The van der Waals surface area contributed by atoms with E-state index in [0.717, 1.165) is 55.3 Å². The maximum absolute atomic E-state index is 13.5. The van der Waals surface area contributed by atoms with Crippen LogP contribution in [0.1, 0.15) is 64.2 Å². The molecule has 8 saturated carbocycles. The predicted molar refractivity (Wildman–Crippen MR) is 159 cm³/mol. The summed E-state index contributed by atoms with van der Waals surface area (Å²) in [5.41, 5.74) is 2.22. The Labute approximate surface area is 249 Å². The molecule has 8 fully saturated rings. The molecular weight excluding hydrogens is 542 g/mol. The van der Waals surface area contributed by atoms with Crippen LogP contribution < -0.4 is 10.6 Å². The maximum Gasteiger partial charge on any atom is 0.231 e. The summed E-state index contributed by atoms with van der Waals surface area (Å²) in [5.74, 6) is 3.16. The zero-order chi connectivity index (χ0) is 29.1. The average Bonchev–Trinajstić information content (AvgIpc) is 3.41. The molecule has 3 aromatic rings. The number of imidazole rings is 1. The number of aromatic amines is 1.